The Labute approximate surface area is 181 Å². The molecule has 8 nitrogen and oxygen atoms in total. The molecule has 3 aromatic rings. The minimum atomic E-state index is 0.130. The van der Waals surface area contributed by atoms with Crippen molar-refractivity contribution in [1.82, 2.24) is 24.4 Å². The summed E-state index contributed by atoms with van der Waals surface area (Å²) in [6.45, 7) is 5.22. The molecule has 1 saturated heterocycles. The maximum Gasteiger partial charge on any atom is 0.234 e. The first-order chi connectivity index (χ1) is 15.1. The third-order valence-electron chi connectivity index (χ3n) is 5.89. The van der Waals surface area contributed by atoms with Gasteiger partial charge >= 0.3 is 0 Å². The molecule has 1 fully saturated rings. The van der Waals surface area contributed by atoms with Crippen molar-refractivity contribution in [2.75, 3.05) is 26.2 Å². The van der Waals surface area contributed by atoms with Crippen molar-refractivity contribution >= 4 is 11.2 Å². The van der Waals surface area contributed by atoms with E-state index in [0.717, 1.165) is 49.2 Å². The molecule has 0 N–H and O–H groups in total. The van der Waals surface area contributed by atoms with Gasteiger partial charge < -0.3 is 9.30 Å². The highest BCUT2D eigenvalue weighted by atomic mass is 16.5. The molecule has 0 amide bonds. The number of imidazole rings is 1. The molecular weight excluding hydrogens is 390 g/mol. The zero-order valence-corrected chi connectivity index (χ0v) is 17.9. The molecule has 0 unspecified atom stereocenters. The summed E-state index contributed by atoms with van der Waals surface area (Å²) in [6, 6.07) is 10.2. The molecule has 0 saturated carbocycles. The van der Waals surface area contributed by atoms with Gasteiger partial charge in [0.25, 0.3) is 0 Å². The lowest BCUT2D eigenvalue weighted by molar-refractivity contribution is 0.176. The van der Waals surface area contributed by atoms with Crippen LogP contribution in [0, 0.1) is 35.5 Å². The van der Waals surface area contributed by atoms with Crippen LogP contribution in [-0.4, -0.2) is 50.7 Å². The van der Waals surface area contributed by atoms with Crippen LogP contribution in [0.1, 0.15) is 30.7 Å². The molecule has 0 radical (unpaired) electrons. The number of fused-ring (bicyclic) bond motifs is 1. The smallest absolute Gasteiger partial charge is 0.234 e. The fourth-order valence-electron chi connectivity index (χ4n) is 4.09. The Balaban J connectivity index is 1.43. The van der Waals surface area contributed by atoms with E-state index in [2.05, 4.69) is 25.9 Å². The van der Waals surface area contributed by atoms with Gasteiger partial charge in [0.05, 0.1) is 25.5 Å². The zero-order valence-electron chi connectivity index (χ0n) is 17.9. The number of aryl methyl sites for hydroxylation is 2. The number of hydrogen-bond acceptors (Lipinski definition) is 7. The Hall–Kier alpha value is -3.49. The van der Waals surface area contributed by atoms with E-state index in [1.165, 1.54) is 0 Å². The average Bonchev–Trinajstić information content (AvgIpc) is 3.16. The van der Waals surface area contributed by atoms with E-state index in [-0.39, 0.29) is 5.82 Å². The van der Waals surface area contributed by atoms with Crippen LogP contribution in [0.15, 0.2) is 24.5 Å². The van der Waals surface area contributed by atoms with E-state index in [1.54, 1.807) is 10.9 Å². The van der Waals surface area contributed by atoms with Gasteiger partial charge in [-0.3, -0.25) is 4.90 Å². The fourth-order valence-corrected chi connectivity index (χ4v) is 4.09. The van der Waals surface area contributed by atoms with E-state index >= 15 is 0 Å². The van der Waals surface area contributed by atoms with E-state index in [9.17, 15) is 5.26 Å². The quantitative estimate of drug-likeness (QED) is 0.569. The third kappa shape index (κ3) is 4.50. The van der Waals surface area contributed by atoms with Crippen molar-refractivity contribution in [2.45, 2.75) is 26.2 Å². The normalized spacial score (nSPS) is 15.0. The molecule has 0 atom stereocenters. The number of ether oxygens (including phenoxy) is 1. The monoisotopic (exact) mass is 415 g/mol. The maximum absolute atomic E-state index is 9.30. The molecule has 8 heteroatoms. The second-order valence-corrected chi connectivity index (χ2v) is 8.03. The van der Waals surface area contributed by atoms with Crippen molar-refractivity contribution in [3.63, 3.8) is 0 Å². The molecule has 4 rings (SSSR count). The maximum atomic E-state index is 9.30. The first-order valence-corrected chi connectivity index (χ1v) is 10.5. The molecule has 2 aromatic heterocycles. The minimum Gasteiger partial charge on any atom is -0.493 e. The van der Waals surface area contributed by atoms with Gasteiger partial charge in [-0.2, -0.15) is 15.5 Å². The van der Waals surface area contributed by atoms with Gasteiger partial charge in [-0.05, 0) is 69.0 Å². The molecule has 158 valence electrons. The van der Waals surface area contributed by atoms with Gasteiger partial charge in [-0.15, -0.1) is 0 Å². The minimum absolute atomic E-state index is 0.130. The van der Waals surface area contributed by atoms with Crippen LogP contribution in [0.2, 0.25) is 0 Å². The SMILES string of the molecule is Cc1cc(-c2nc(C#N)nc3c2ncn3C)ccc1OCCC1CCN(CC#N)CC1. The van der Waals surface area contributed by atoms with Crippen LogP contribution in [0.4, 0.5) is 0 Å². The van der Waals surface area contributed by atoms with E-state index in [0.29, 0.717) is 35.9 Å². The first kappa shape index (κ1) is 20.8. The molecule has 1 aromatic carbocycles. The number of aromatic nitrogens is 4. The Kier molecular flexibility index (Phi) is 6.11. The van der Waals surface area contributed by atoms with Crippen molar-refractivity contribution in [1.29, 1.82) is 10.5 Å². The molecule has 0 spiro atoms. The van der Waals surface area contributed by atoms with Crippen molar-refractivity contribution in [3.05, 3.63) is 35.9 Å². The molecule has 1 aliphatic rings. The van der Waals surface area contributed by atoms with E-state index in [4.69, 9.17) is 10.00 Å². The van der Waals surface area contributed by atoms with Gasteiger partial charge in [0.2, 0.25) is 5.82 Å². The summed E-state index contributed by atoms with van der Waals surface area (Å²) < 4.78 is 7.86. The van der Waals surface area contributed by atoms with Crippen LogP contribution in [0.3, 0.4) is 0 Å². The van der Waals surface area contributed by atoms with Gasteiger partial charge in [0, 0.05) is 12.6 Å². The average molecular weight is 416 g/mol. The number of piperidine rings is 1. The van der Waals surface area contributed by atoms with Crippen molar-refractivity contribution < 1.29 is 4.74 Å². The number of likely N-dealkylation sites (tertiary alicyclic amines) is 1. The highest BCUT2D eigenvalue weighted by molar-refractivity contribution is 5.87. The van der Waals surface area contributed by atoms with Crippen LogP contribution in [0.25, 0.3) is 22.4 Å². The van der Waals surface area contributed by atoms with Crippen molar-refractivity contribution in [2.24, 2.45) is 13.0 Å². The van der Waals surface area contributed by atoms with Gasteiger partial charge in [-0.25, -0.2) is 9.97 Å². The predicted octanol–water partition coefficient (Wildman–Crippen LogP) is 3.21. The zero-order chi connectivity index (χ0) is 21.8. The van der Waals surface area contributed by atoms with Gasteiger partial charge in [-0.1, -0.05) is 0 Å². The van der Waals surface area contributed by atoms with Crippen LogP contribution in [-0.2, 0) is 7.05 Å². The molecule has 0 aliphatic carbocycles. The standard InChI is InChI=1S/C23H25N7O/c1-16-13-18(21-22-23(29(2)15-26-22)28-20(14-25)27-21)3-4-19(16)31-12-7-17-5-9-30(10-6-17)11-8-24/h3-4,13,15,17H,5-7,9-12H2,1-2H3. The summed E-state index contributed by atoms with van der Waals surface area (Å²) in [6.07, 6.45) is 4.95. The van der Waals surface area contributed by atoms with Crippen LogP contribution >= 0.6 is 0 Å². The summed E-state index contributed by atoms with van der Waals surface area (Å²) in [5, 5.41) is 18.1. The summed E-state index contributed by atoms with van der Waals surface area (Å²) in [4.78, 5) is 15.3. The van der Waals surface area contributed by atoms with E-state index in [1.807, 2.05) is 38.2 Å². The lowest BCUT2D eigenvalue weighted by atomic mass is 9.94. The van der Waals surface area contributed by atoms with Crippen LogP contribution < -0.4 is 4.74 Å². The Morgan fingerprint density at radius 2 is 2.00 bits per heavy atom. The molecule has 31 heavy (non-hydrogen) atoms. The Morgan fingerprint density at radius 3 is 2.71 bits per heavy atom. The molecule has 0 bridgehead atoms. The van der Waals surface area contributed by atoms with Crippen LogP contribution in [0.5, 0.6) is 5.75 Å². The fraction of sp³-hybridized carbons (Fsp3) is 0.435. The van der Waals surface area contributed by atoms with E-state index < -0.39 is 0 Å². The number of hydrogen-bond donors (Lipinski definition) is 0. The second kappa shape index (κ2) is 9.11. The topological polar surface area (TPSA) is 104 Å². The summed E-state index contributed by atoms with van der Waals surface area (Å²) in [5.41, 5.74) is 3.87. The Morgan fingerprint density at radius 1 is 1.19 bits per heavy atom. The van der Waals surface area contributed by atoms with Gasteiger partial charge in [0.1, 0.15) is 23.0 Å². The summed E-state index contributed by atoms with van der Waals surface area (Å²) in [7, 11) is 1.85. The number of nitrogens with zero attached hydrogens (tertiary/aromatic N) is 7. The molecule has 3 heterocycles. The number of benzene rings is 1. The van der Waals surface area contributed by atoms with Gasteiger partial charge in [0.15, 0.2) is 5.65 Å². The second-order valence-electron chi connectivity index (χ2n) is 8.03. The lowest BCUT2D eigenvalue weighted by Crippen LogP contribution is -2.34. The highest BCUT2D eigenvalue weighted by Gasteiger charge is 2.19. The van der Waals surface area contributed by atoms with Crippen molar-refractivity contribution in [3.8, 4) is 29.1 Å². The summed E-state index contributed by atoms with van der Waals surface area (Å²) in [5.74, 6) is 1.64. The third-order valence-corrected chi connectivity index (χ3v) is 5.89. The lowest BCUT2D eigenvalue weighted by Gasteiger charge is -2.30. The first-order valence-electron chi connectivity index (χ1n) is 10.5. The molecular formula is C23H25N7O. The number of nitriles is 2. The largest absolute Gasteiger partial charge is 0.493 e. The predicted molar refractivity (Wildman–Crippen MR) is 116 cm³/mol. The highest BCUT2D eigenvalue weighted by Crippen LogP contribution is 2.29. The molecule has 1 aliphatic heterocycles. The Bertz CT molecular complexity index is 1160. The number of rotatable bonds is 6. The summed E-state index contributed by atoms with van der Waals surface area (Å²) >= 11 is 0.